The Labute approximate surface area is 150 Å². The van der Waals surface area contributed by atoms with E-state index in [0.29, 0.717) is 18.7 Å². The average molecular weight is 387 g/mol. The van der Waals surface area contributed by atoms with Crippen LogP contribution in [0, 0.1) is 0 Å². The average Bonchev–Trinajstić information content (AvgIpc) is 2.61. The normalized spacial score (nSPS) is 14.6. The molecule has 3 rings (SSSR count). The van der Waals surface area contributed by atoms with Gasteiger partial charge in [-0.2, -0.15) is 0 Å². The van der Waals surface area contributed by atoms with Crippen LogP contribution < -0.4 is 4.90 Å². The Hall–Kier alpha value is -2.14. The second kappa shape index (κ2) is 7.18. The van der Waals surface area contributed by atoms with Crippen LogP contribution >= 0.6 is 15.9 Å². The fraction of sp³-hybridized carbons (Fsp3) is 0.263. The van der Waals surface area contributed by atoms with Crippen molar-refractivity contribution in [3.8, 4) is 0 Å². The van der Waals surface area contributed by atoms with E-state index in [2.05, 4.69) is 20.8 Å². The number of nitrogens with zero attached hydrogens (tertiary/aromatic N) is 2. The van der Waals surface area contributed by atoms with Gasteiger partial charge in [0.15, 0.2) is 5.78 Å². The maximum Gasteiger partial charge on any atom is 0.254 e. The Balaban J connectivity index is 1.63. The summed E-state index contributed by atoms with van der Waals surface area (Å²) in [6.07, 6.45) is 0. The van der Waals surface area contributed by atoms with E-state index in [1.807, 2.05) is 53.4 Å². The summed E-state index contributed by atoms with van der Waals surface area (Å²) in [5.74, 6) is 0.147. The molecular formula is C19H19BrN2O2. The van der Waals surface area contributed by atoms with Crippen molar-refractivity contribution in [3.05, 3.63) is 64.1 Å². The smallest absolute Gasteiger partial charge is 0.254 e. The summed E-state index contributed by atoms with van der Waals surface area (Å²) in [6.45, 7) is 4.54. The number of hydrogen-bond acceptors (Lipinski definition) is 3. The molecule has 0 spiro atoms. The molecule has 2 aromatic carbocycles. The number of anilines is 1. The molecule has 0 aliphatic carbocycles. The summed E-state index contributed by atoms with van der Waals surface area (Å²) < 4.78 is 0.914. The summed E-state index contributed by atoms with van der Waals surface area (Å²) in [5.41, 5.74) is 2.53. The summed E-state index contributed by atoms with van der Waals surface area (Å²) in [5, 5.41) is 0. The number of hydrogen-bond donors (Lipinski definition) is 0. The SMILES string of the molecule is CC(=O)c1ccc(N2CCN(C(=O)c3cccc(Br)c3)CC2)cc1. The van der Waals surface area contributed by atoms with E-state index in [4.69, 9.17) is 0 Å². The van der Waals surface area contributed by atoms with Gasteiger partial charge in [0.1, 0.15) is 0 Å². The zero-order valence-corrected chi connectivity index (χ0v) is 15.1. The first-order chi connectivity index (χ1) is 11.5. The minimum Gasteiger partial charge on any atom is -0.368 e. The van der Waals surface area contributed by atoms with Crippen LogP contribution in [0.2, 0.25) is 0 Å². The molecule has 1 aliphatic heterocycles. The highest BCUT2D eigenvalue weighted by Crippen LogP contribution is 2.19. The van der Waals surface area contributed by atoms with Crippen molar-refractivity contribution < 1.29 is 9.59 Å². The number of rotatable bonds is 3. The molecule has 0 radical (unpaired) electrons. The van der Waals surface area contributed by atoms with Gasteiger partial charge in [0.2, 0.25) is 0 Å². The lowest BCUT2D eigenvalue weighted by Gasteiger charge is -2.36. The lowest BCUT2D eigenvalue weighted by atomic mass is 10.1. The van der Waals surface area contributed by atoms with E-state index < -0.39 is 0 Å². The van der Waals surface area contributed by atoms with Crippen LogP contribution in [0.5, 0.6) is 0 Å². The lowest BCUT2D eigenvalue weighted by molar-refractivity contribution is 0.0746. The third-order valence-corrected chi connectivity index (χ3v) is 4.77. The topological polar surface area (TPSA) is 40.6 Å². The Kier molecular flexibility index (Phi) is 5.00. The predicted octanol–water partition coefficient (Wildman–Crippen LogP) is 3.61. The molecule has 1 fully saturated rings. The summed E-state index contributed by atoms with van der Waals surface area (Å²) in [6, 6.07) is 15.2. The number of Topliss-reactive ketones (excluding diaryl/α,β-unsaturated/α-hetero) is 1. The summed E-state index contributed by atoms with van der Waals surface area (Å²) in [7, 11) is 0. The molecule has 4 nitrogen and oxygen atoms in total. The lowest BCUT2D eigenvalue weighted by Crippen LogP contribution is -2.48. The molecule has 2 aromatic rings. The Bertz CT molecular complexity index is 750. The van der Waals surface area contributed by atoms with E-state index in [1.165, 1.54) is 0 Å². The maximum atomic E-state index is 12.6. The second-order valence-corrected chi connectivity index (χ2v) is 6.81. The minimum atomic E-state index is 0.0721. The van der Waals surface area contributed by atoms with Crippen molar-refractivity contribution in [2.24, 2.45) is 0 Å². The van der Waals surface area contributed by atoms with E-state index in [-0.39, 0.29) is 11.7 Å². The molecular weight excluding hydrogens is 368 g/mol. The van der Waals surface area contributed by atoms with Crippen LogP contribution in [0.1, 0.15) is 27.6 Å². The molecule has 1 aliphatic rings. The van der Waals surface area contributed by atoms with E-state index in [0.717, 1.165) is 28.8 Å². The van der Waals surface area contributed by atoms with Crippen LogP contribution in [0.3, 0.4) is 0 Å². The fourth-order valence-electron chi connectivity index (χ4n) is 2.88. The van der Waals surface area contributed by atoms with Crippen LogP contribution in [0.15, 0.2) is 53.0 Å². The van der Waals surface area contributed by atoms with E-state index in [9.17, 15) is 9.59 Å². The standard InChI is InChI=1S/C19H19BrN2O2/c1-14(23)15-5-7-18(8-6-15)21-9-11-22(12-10-21)19(24)16-3-2-4-17(20)13-16/h2-8,13H,9-12H2,1H3. The summed E-state index contributed by atoms with van der Waals surface area (Å²) in [4.78, 5) is 28.0. The van der Waals surface area contributed by atoms with Gasteiger partial charge in [-0.15, -0.1) is 0 Å². The van der Waals surface area contributed by atoms with Gasteiger partial charge in [0.05, 0.1) is 0 Å². The molecule has 124 valence electrons. The first kappa shape index (κ1) is 16.7. The molecule has 0 aromatic heterocycles. The summed E-state index contributed by atoms with van der Waals surface area (Å²) >= 11 is 3.41. The van der Waals surface area contributed by atoms with Crippen LogP contribution in [-0.4, -0.2) is 42.8 Å². The zero-order valence-electron chi connectivity index (χ0n) is 13.5. The van der Waals surface area contributed by atoms with Gasteiger partial charge in [-0.25, -0.2) is 0 Å². The van der Waals surface area contributed by atoms with Crippen LogP contribution in [0.25, 0.3) is 0 Å². The van der Waals surface area contributed by atoms with Crippen molar-refractivity contribution in [1.82, 2.24) is 4.90 Å². The number of ketones is 1. The van der Waals surface area contributed by atoms with E-state index >= 15 is 0 Å². The Morgan fingerprint density at radius 3 is 2.17 bits per heavy atom. The quantitative estimate of drug-likeness (QED) is 0.756. The number of piperazine rings is 1. The van der Waals surface area contributed by atoms with Crippen molar-refractivity contribution in [2.75, 3.05) is 31.1 Å². The predicted molar refractivity (Wildman–Crippen MR) is 98.7 cm³/mol. The molecule has 0 unspecified atom stereocenters. The number of amides is 1. The first-order valence-corrected chi connectivity index (χ1v) is 8.75. The van der Waals surface area contributed by atoms with Crippen molar-refractivity contribution in [2.45, 2.75) is 6.92 Å². The van der Waals surface area contributed by atoms with Gasteiger partial charge in [-0.3, -0.25) is 9.59 Å². The van der Waals surface area contributed by atoms with Gasteiger partial charge in [0.25, 0.3) is 5.91 Å². The van der Waals surface area contributed by atoms with Gasteiger partial charge in [-0.1, -0.05) is 22.0 Å². The van der Waals surface area contributed by atoms with Crippen molar-refractivity contribution >= 4 is 33.3 Å². The minimum absolute atomic E-state index is 0.0721. The monoisotopic (exact) mass is 386 g/mol. The molecule has 24 heavy (non-hydrogen) atoms. The molecule has 0 saturated carbocycles. The zero-order chi connectivity index (χ0) is 17.1. The molecule has 1 saturated heterocycles. The molecule has 0 N–H and O–H groups in total. The number of benzene rings is 2. The fourth-order valence-corrected chi connectivity index (χ4v) is 3.28. The van der Waals surface area contributed by atoms with Crippen molar-refractivity contribution in [1.29, 1.82) is 0 Å². The second-order valence-electron chi connectivity index (χ2n) is 5.89. The van der Waals surface area contributed by atoms with Gasteiger partial charge in [0, 0.05) is 47.5 Å². The molecule has 0 bridgehead atoms. The molecule has 5 heteroatoms. The Morgan fingerprint density at radius 2 is 1.58 bits per heavy atom. The molecule has 1 amide bonds. The van der Waals surface area contributed by atoms with Gasteiger partial charge >= 0.3 is 0 Å². The van der Waals surface area contributed by atoms with Gasteiger partial charge in [-0.05, 0) is 49.4 Å². The number of carbonyl (C=O) groups excluding carboxylic acids is 2. The van der Waals surface area contributed by atoms with Crippen LogP contribution in [-0.2, 0) is 0 Å². The van der Waals surface area contributed by atoms with Crippen molar-refractivity contribution in [3.63, 3.8) is 0 Å². The first-order valence-electron chi connectivity index (χ1n) is 7.95. The highest BCUT2D eigenvalue weighted by atomic mass is 79.9. The number of carbonyl (C=O) groups is 2. The number of halogens is 1. The third kappa shape index (κ3) is 3.67. The van der Waals surface area contributed by atoms with E-state index in [1.54, 1.807) is 6.92 Å². The molecule has 1 heterocycles. The Morgan fingerprint density at radius 1 is 0.917 bits per heavy atom. The highest BCUT2D eigenvalue weighted by Gasteiger charge is 2.22. The third-order valence-electron chi connectivity index (χ3n) is 4.28. The van der Waals surface area contributed by atoms with Crippen LogP contribution in [0.4, 0.5) is 5.69 Å². The van der Waals surface area contributed by atoms with Gasteiger partial charge < -0.3 is 9.80 Å². The highest BCUT2D eigenvalue weighted by molar-refractivity contribution is 9.10. The largest absolute Gasteiger partial charge is 0.368 e. The maximum absolute atomic E-state index is 12.6. The molecule has 0 atom stereocenters.